The van der Waals surface area contributed by atoms with Gasteiger partial charge in [0, 0.05) is 12.2 Å². The van der Waals surface area contributed by atoms with Crippen LogP contribution in [0.15, 0.2) is 61.7 Å². The van der Waals surface area contributed by atoms with Crippen molar-refractivity contribution in [2.24, 2.45) is 0 Å². The van der Waals surface area contributed by atoms with Gasteiger partial charge in [0.05, 0.1) is 11.1 Å². The first kappa shape index (κ1) is 22.3. The van der Waals surface area contributed by atoms with E-state index in [9.17, 15) is 19.2 Å². The van der Waals surface area contributed by atoms with Gasteiger partial charge in [0.1, 0.15) is 13.2 Å². The monoisotopic (exact) mass is 362 g/mol. The van der Waals surface area contributed by atoms with Gasteiger partial charge in [-0.1, -0.05) is 37.4 Å². The molecule has 138 valence electrons. The summed E-state index contributed by atoms with van der Waals surface area (Å²) < 4.78 is 9.15. The van der Waals surface area contributed by atoms with E-state index < -0.39 is 23.9 Å². The molecule has 0 atom stereocenters. The molecule has 8 heteroatoms. The van der Waals surface area contributed by atoms with E-state index in [2.05, 4.69) is 22.6 Å². The lowest BCUT2D eigenvalue weighted by atomic mass is 10.1. The second kappa shape index (κ2) is 12.7. The number of carbonyl (C=O) groups is 4. The molecule has 26 heavy (non-hydrogen) atoms. The summed E-state index contributed by atoms with van der Waals surface area (Å²) in [5, 5.41) is 17.1. The number of benzene rings is 1. The van der Waals surface area contributed by atoms with Crippen LogP contribution in [0.2, 0.25) is 0 Å². The summed E-state index contributed by atoms with van der Waals surface area (Å²) >= 11 is 0. The Morgan fingerprint density at radius 1 is 0.808 bits per heavy atom. The lowest BCUT2D eigenvalue weighted by Crippen LogP contribution is -2.06. The SMILES string of the molecule is C=CCOC(=O)C=CC(=O)OCC=C.O=C(O)c1ccccc1C(=O)O. The summed E-state index contributed by atoms with van der Waals surface area (Å²) in [4.78, 5) is 42.5. The smallest absolute Gasteiger partial charge is 0.336 e. The Morgan fingerprint density at radius 3 is 1.42 bits per heavy atom. The first-order valence-electron chi connectivity index (χ1n) is 7.12. The third-order valence-corrected chi connectivity index (χ3v) is 2.43. The summed E-state index contributed by atoms with van der Waals surface area (Å²) in [6.45, 7) is 6.96. The molecular formula is C18H18O8. The molecule has 0 fully saturated rings. The van der Waals surface area contributed by atoms with Crippen LogP contribution in [0.5, 0.6) is 0 Å². The highest BCUT2D eigenvalue weighted by molar-refractivity contribution is 6.01. The molecule has 0 unspecified atom stereocenters. The predicted molar refractivity (Wildman–Crippen MR) is 91.8 cm³/mol. The van der Waals surface area contributed by atoms with Gasteiger partial charge >= 0.3 is 23.9 Å². The fraction of sp³-hybridized carbons (Fsp3) is 0.111. The molecular weight excluding hydrogens is 344 g/mol. The Kier molecular flexibility index (Phi) is 10.9. The second-order valence-corrected chi connectivity index (χ2v) is 4.33. The molecule has 1 aromatic carbocycles. The molecule has 0 heterocycles. The van der Waals surface area contributed by atoms with Gasteiger partial charge in [0.25, 0.3) is 0 Å². The van der Waals surface area contributed by atoms with Crippen molar-refractivity contribution in [1.29, 1.82) is 0 Å². The standard InChI is InChI=1S/C10H12O4.C8H6O4/c1-3-7-13-9(11)5-6-10(12)14-8-4-2;9-7(10)5-3-1-2-4-6(5)8(11)12/h3-6H,1-2,7-8H2;1-4H,(H,9,10)(H,11,12). The molecule has 1 rings (SSSR count). The molecule has 0 saturated heterocycles. The van der Waals surface area contributed by atoms with Crippen molar-refractivity contribution in [3.05, 3.63) is 72.9 Å². The van der Waals surface area contributed by atoms with Gasteiger partial charge in [-0.05, 0) is 12.1 Å². The van der Waals surface area contributed by atoms with E-state index in [4.69, 9.17) is 10.2 Å². The molecule has 0 aromatic heterocycles. The normalized spacial score (nSPS) is 9.38. The van der Waals surface area contributed by atoms with Crippen molar-refractivity contribution in [2.45, 2.75) is 0 Å². The lowest BCUT2D eigenvalue weighted by Gasteiger charge is -1.98. The zero-order chi connectivity index (χ0) is 19.9. The van der Waals surface area contributed by atoms with Crippen LogP contribution < -0.4 is 0 Å². The molecule has 1 aromatic rings. The van der Waals surface area contributed by atoms with Crippen LogP contribution in [-0.4, -0.2) is 47.3 Å². The highest BCUT2D eigenvalue weighted by atomic mass is 16.5. The van der Waals surface area contributed by atoms with Crippen molar-refractivity contribution in [1.82, 2.24) is 0 Å². The zero-order valence-corrected chi connectivity index (χ0v) is 13.8. The molecule has 0 spiro atoms. The highest BCUT2D eigenvalue weighted by Crippen LogP contribution is 2.07. The van der Waals surface area contributed by atoms with Crippen molar-refractivity contribution in [3.63, 3.8) is 0 Å². The summed E-state index contributed by atoms with van der Waals surface area (Å²) in [7, 11) is 0. The third-order valence-electron chi connectivity index (χ3n) is 2.43. The Labute approximate surface area is 149 Å². The van der Waals surface area contributed by atoms with Crippen LogP contribution >= 0.6 is 0 Å². The fourth-order valence-electron chi connectivity index (χ4n) is 1.37. The van der Waals surface area contributed by atoms with Gasteiger partial charge in [-0.3, -0.25) is 0 Å². The van der Waals surface area contributed by atoms with Crippen LogP contribution in [0.25, 0.3) is 0 Å². The minimum Gasteiger partial charge on any atom is -0.478 e. The van der Waals surface area contributed by atoms with Crippen LogP contribution in [0.3, 0.4) is 0 Å². The minimum atomic E-state index is -1.23. The number of carboxylic acid groups (broad SMARTS) is 2. The maximum absolute atomic E-state index is 10.8. The van der Waals surface area contributed by atoms with E-state index in [1.807, 2.05) is 0 Å². The van der Waals surface area contributed by atoms with Crippen LogP contribution in [0.1, 0.15) is 20.7 Å². The van der Waals surface area contributed by atoms with E-state index in [0.29, 0.717) is 0 Å². The van der Waals surface area contributed by atoms with E-state index >= 15 is 0 Å². The molecule has 0 aliphatic carbocycles. The van der Waals surface area contributed by atoms with Gasteiger partial charge in [-0.15, -0.1) is 0 Å². The molecule has 0 aliphatic rings. The van der Waals surface area contributed by atoms with Gasteiger partial charge in [-0.2, -0.15) is 0 Å². The summed E-state index contributed by atoms with van der Waals surface area (Å²) in [5.74, 6) is -3.68. The molecule has 0 saturated carbocycles. The van der Waals surface area contributed by atoms with Crippen LogP contribution in [0, 0.1) is 0 Å². The highest BCUT2D eigenvalue weighted by Gasteiger charge is 2.13. The van der Waals surface area contributed by atoms with E-state index in [1.54, 1.807) is 0 Å². The minimum absolute atomic E-state index is 0.116. The van der Waals surface area contributed by atoms with Crippen LogP contribution in [-0.2, 0) is 19.1 Å². The number of aromatic carboxylic acids is 2. The molecule has 0 aliphatic heterocycles. The Hall–Kier alpha value is -3.68. The number of esters is 2. The quantitative estimate of drug-likeness (QED) is 0.409. The van der Waals surface area contributed by atoms with Gasteiger partial charge in [-0.25, -0.2) is 19.2 Å². The second-order valence-electron chi connectivity index (χ2n) is 4.33. The number of carbonyl (C=O) groups excluding carboxylic acids is 2. The summed E-state index contributed by atoms with van der Waals surface area (Å²) in [6, 6.07) is 5.48. The van der Waals surface area contributed by atoms with Crippen molar-refractivity contribution >= 4 is 23.9 Å². The fourth-order valence-corrected chi connectivity index (χ4v) is 1.37. The largest absolute Gasteiger partial charge is 0.478 e. The molecule has 0 bridgehead atoms. The molecule has 0 radical (unpaired) electrons. The van der Waals surface area contributed by atoms with E-state index in [0.717, 1.165) is 12.2 Å². The maximum atomic E-state index is 10.8. The number of rotatable bonds is 8. The third kappa shape index (κ3) is 9.46. The van der Waals surface area contributed by atoms with E-state index in [1.165, 1.54) is 36.4 Å². The van der Waals surface area contributed by atoms with Gasteiger partial charge in [0.2, 0.25) is 0 Å². The zero-order valence-electron chi connectivity index (χ0n) is 13.8. The summed E-state index contributed by atoms with van der Waals surface area (Å²) in [6.07, 6.45) is 4.85. The van der Waals surface area contributed by atoms with Gasteiger partial charge in [0.15, 0.2) is 0 Å². The average molecular weight is 362 g/mol. The topological polar surface area (TPSA) is 127 Å². The van der Waals surface area contributed by atoms with Crippen molar-refractivity contribution in [2.75, 3.05) is 13.2 Å². The Balaban J connectivity index is 0.000000485. The molecule has 2 N–H and O–H groups in total. The van der Waals surface area contributed by atoms with E-state index in [-0.39, 0.29) is 24.3 Å². The van der Waals surface area contributed by atoms with Crippen LogP contribution in [0.4, 0.5) is 0 Å². The van der Waals surface area contributed by atoms with Gasteiger partial charge < -0.3 is 19.7 Å². The number of ether oxygens (including phenoxy) is 2. The molecule has 8 nitrogen and oxygen atoms in total. The first-order chi connectivity index (χ1) is 12.3. The Morgan fingerprint density at radius 2 is 1.15 bits per heavy atom. The number of hydrogen-bond acceptors (Lipinski definition) is 6. The summed E-state index contributed by atoms with van der Waals surface area (Å²) in [5.41, 5.74) is -0.380. The van der Waals surface area contributed by atoms with Crippen molar-refractivity contribution in [3.8, 4) is 0 Å². The maximum Gasteiger partial charge on any atom is 0.336 e. The predicted octanol–water partition coefficient (Wildman–Crippen LogP) is 2.08. The number of carboxylic acids is 2. The average Bonchev–Trinajstić information content (AvgIpc) is 2.63. The molecule has 0 amide bonds. The lowest BCUT2D eigenvalue weighted by molar-refractivity contribution is -0.139. The first-order valence-corrected chi connectivity index (χ1v) is 7.12. The van der Waals surface area contributed by atoms with Crippen molar-refractivity contribution < 1.29 is 38.9 Å². The Bertz CT molecular complexity index is 644. The number of hydrogen-bond donors (Lipinski definition) is 2.